The Kier molecular flexibility index (Phi) is 3.42. The maximum absolute atomic E-state index is 12.1. The topological polar surface area (TPSA) is 83.6 Å². The molecule has 21 heavy (non-hydrogen) atoms. The van der Waals surface area contributed by atoms with E-state index in [1.165, 1.54) is 0 Å². The summed E-state index contributed by atoms with van der Waals surface area (Å²) >= 11 is 0. The third-order valence-corrected chi connectivity index (χ3v) is 3.03. The number of H-pyrrole nitrogens is 1. The van der Waals surface area contributed by atoms with Crippen molar-refractivity contribution < 1.29 is 4.79 Å². The van der Waals surface area contributed by atoms with Crippen LogP contribution in [0.3, 0.4) is 0 Å². The van der Waals surface area contributed by atoms with Crippen LogP contribution in [-0.2, 0) is 0 Å². The Morgan fingerprint density at radius 1 is 1.14 bits per heavy atom. The zero-order valence-corrected chi connectivity index (χ0v) is 11.4. The third-order valence-electron chi connectivity index (χ3n) is 3.03. The molecule has 1 aromatic heterocycles. The van der Waals surface area contributed by atoms with Crippen LogP contribution in [0.15, 0.2) is 48.5 Å². The fourth-order valence-corrected chi connectivity index (χ4v) is 1.98. The molecule has 0 aliphatic heterocycles. The summed E-state index contributed by atoms with van der Waals surface area (Å²) in [6.45, 7) is 1.95. The van der Waals surface area contributed by atoms with Crippen molar-refractivity contribution in [1.82, 2.24) is 20.6 Å². The zero-order chi connectivity index (χ0) is 14.7. The van der Waals surface area contributed by atoms with Gasteiger partial charge in [0.2, 0.25) is 5.82 Å². The van der Waals surface area contributed by atoms with E-state index in [-0.39, 0.29) is 5.91 Å². The summed E-state index contributed by atoms with van der Waals surface area (Å²) in [5.41, 5.74) is 3.23. The number of hydrogen-bond acceptors (Lipinski definition) is 4. The van der Waals surface area contributed by atoms with Gasteiger partial charge in [0.25, 0.3) is 5.91 Å². The minimum absolute atomic E-state index is 0.133. The Hall–Kier alpha value is -3.02. The maximum Gasteiger partial charge on any atom is 0.255 e. The van der Waals surface area contributed by atoms with Gasteiger partial charge < -0.3 is 5.32 Å². The molecule has 2 aromatic carbocycles. The van der Waals surface area contributed by atoms with E-state index in [0.717, 1.165) is 11.1 Å². The van der Waals surface area contributed by atoms with Gasteiger partial charge in [0.15, 0.2) is 0 Å². The van der Waals surface area contributed by atoms with Crippen LogP contribution in [0.5, 0.6) is 0 Å². The summed E-state index contributed by atoms with van der Waals surface area (Å²) in [6.07, 6.45) is 0. The molecule has 0 radical (unpaired) electrons. The van der Waals surface area contributed by atoms with Crippen LogP contribution in [-0.4, -0.2) is 26.5 Å². The summed E-state index contributed by atoms with van der Waals surface area (Å²) in [5.74, 6) is 0.387. The quantitative estimate of drug-likeness (QED) is 0.771. The summed E-state index contributed by atoms with van der Waals surface area (Å²) in [5, 5.41) is 16.6. The Labute approximate surface area is 121 Å². The normalized spacial score (nSPS) is 10.3. The zero-order valence-electron chi connectivity index (χ0n) is 11.4. The van der Waals surface area contributed by atoms with E-state index in [1.807, 2.05) is 37.3 Å². The van der Waals surface area contributed by atoms with Crippen LogP contribution in [0, 0.1) is 6.92 Å². The van der Waals surface area contributed by atoms with Crippen LogP contribution >= 0.6 is 0 Å². The molecule has 6 heteroatoms. The van der Waals surface area contributed by atoms with Gasteiger partial charge in [-0.05, 0) is 48.5 Å². The van der Waals surface area contributed by atoms with Gasteiger partial charge in [0, 0.05) is 16.8 Å². The molecule has 0 saturated carbocycles. The second-order valence-electron chi connectivity index (χ2n) is 4.64. The number of carbonyl (C=O) groups excluding carboxylic acids is 1. The third kappa shape index (κ3) is 2.94. The highest BCUT2D eigenvalue weighted by Gasteiger charge is 2.07. The molecule has 6 nitrogen and oxygen atoms in total. The van der Waals surface area contributed by atoms with Crippen molar-refractivity contribution in [2.75, 3.05) is 5.32 Å². The monoisotopic (exact) mass is 279 g/mol. The molecule has 1 amide bonds. The molecule has 104 valence electrons. The van der Waals surface area contributed by atoms with Gasteiger partial charge in [0.1, 0.15) is 0 Å². The van der Waals surface area contributed by atoms with Gasteiger partial charge in [0.05, 0.1) is 0 Å². The van der Waals surface area contributed by atoms with E-state index >= 15 is 0 Å². The smallest absolute Gasteiger partial charge is 0.255 e. The number of aromatic nitrogens is 4. The van der Waals surface area contributed by atoms with Crippen molar-refractivity contribution in [1.29, 1.82) is 0 Å². The number of aryl methyl sites for hydroxylation is 1. The summed E-state index contributed by atoms with van der Waals surface area (Å²) in [4.78, 5) is 12.1. The lowest BCUT2D eigenvalue weighted by Crippen LogP contribution is -2.11. The molecule has 0 spiro atoms. The van der Waals surface area contributed by atoms with Gasteiger partial charge in [-0.15, -0.1) is 10.2 Å². The van der Waals surface area contributed by atoms with E-state index in [1.54, 1.807) is 18.2 Å². The average Bonchev–Trinajstić information content (AvgIpc) is 3.02. The first kappa shape index (κ1) is 13.0. The van der Waals surface area contributed by atoms with E-state index in [0.29, 0.717) is 17.1 Å². The molecular formula is C15H13N5O. The van der Waals surface area contributed by atoms with Gasteiger partial charge in [-0.1, -0.05) is 17.7 Å². The molecule has 3 rings (SSSR count). The molecule has 1 heterocycles. The predicted octanol–water partition coefficient (Wildman–Crippen LogP) is 2.43. The second-order valence-corrected chi connectivity index (χ2v) is 4.64. The minimum Gasteiger partial charge on any atom is -0.322 e. The fourth-order valence-electron chi connectivity index (χ4n) is 1.98. The van der Waals surface area contributed by atoms with Crippen LogP contribution in [0.25, 0.3) is 11.4 Å². The van der Waals surface area contributed by atoms with Crippen molar-refractivity contribution in [3.63, 3.8) is 0 Å². The van der Waals surface area contributed by atoms with E-state index in [2.05, 4.69) is 25.9 Å². The van der Waals surface area contributed by atoms with E-state index in [4.69, 9.17) is 0 Å². The number of anilines is 1. The van der Waals surface area contributed by atoms with Gasteiger partial charge in [-0.25, -0.2) is 0 Å². The SMILES string of the molecule is Cc1cccc(C(=O)Nc2ccc(-c3nn[nH]n3)cc2)c1. The summed E-state index contributed by atoms with van der Waals surface area (Å²) in [6, 6.07) is 14.7. The molecule has 0 fully saturated rings. The van der Waals surface area contributed by atoms with Crippen molar-refractivity contribution >= 4 is 11.6 Å². The number of carbonyl (C=O) groups is 1. The van der Waals surface area contributed by atoms with Crippen LogP contribution in [0.4, 0.5) is 5.69 Å². The molecule has 2 N–H and O–H groups in total. The standard InChI is InChI=1S/C15H13N5O/c1-10-3-2-4-12(9-10)15(21)16-13-7-5-11(6-8-13)14-17-19-20-18-14/h2-9H,1H3,(H,16,21)(H,17,18,19,20). The lowest BCUT2D eigenvalue weighted by Gasteiger charge is -2.06. The molecule has 0 saturated heterocycles. The number of rotatable bonds is 3. The Bertz CT molecular complexity index is 750. The van der Waals surface area contributed by atoms with Crippen LogP contribution < -0.4 is 5.32 Å². The molecular weight excluding hydrogens is 266 g/mol. The number of tetrazole rings is 1. The van der Waals surface area contributed by atoms with Crippen LogP contribution in [0.2, 0.25) is 0 Å². The highest BCUT2D eigenvalue weighted by atomic mass is 16.1. The number of nitrogens with one attached hydrogen (secondary N) is 2. The fraction of sp³-hybridized carbons (Fsp3) is 0.0667. The first-order chi connectivity index (χ1) is 10.2. The van der Waals surface area contributed by atoms with E-state index in [9.17, 15) is 4.79 Å². The molecule has 0 atom stereocenters. The van der Waals surface area contributed by atoms with Crippen molar-refractivity contribution in [3.05, 3.63) is 59.7 Å². The Morgan fingerprint density at radius 3 is 2.62 bits per heavy atom. The molecule has 0 bridgehead atoms. The molecule has 0 aliphatic carbocycles. The summed E-state index contributed by atoms with van der Waals surface area (Å²) < 4.78 is 0. The lowest BCUT2D eigenvalue weighted by molar-refractivity contribution is 0.102. The number of hydrogen-bond donors (Lipinski definition) is 2. The molecule has 3 aromatic rings. The first-order valence-electron chi connectivity index (χ1n) is 6.44. The largest absolute Gasteiger partial charge is 0.322 e. The number of benzene rings is 2. The Morgan fingerprint density at radius 2 is 1.95 bits per heavy atom. The van der Waals surface area contributed by atoms with Gasteiger partial charge in [-0.2, -0.15) is 5.21 Å². The van der Waals surface area contributed by atoms with E-state index < -0.39 is 0 Å². The van der Waals surface area contributed by atoms with Crippen molar-refractivity contribution in [2.45, 2.75) is 6.92 Å². The number of nitrogens with zero attached hydrogens (tertiary/aromatic N) is 3. The van der Waals surface area contributed by atoms with Crippen LogP contribution in [0.1, 0.15) is 15.9 Å². The van der Waals surface area contributed by atoms with Crippen molar-refractivity contribution in [2.24, 2.45) is 0 Å². The lowest BCUT2D eigenvalue weighted by atomic mass is 10.1. The minimum atomic E-state index is -0.133. The number of amides is 1. The number of aromatic amines is 1. The predicted molar refractivity (Wildman–Crippen MR) is 78.7 cm³/mol. The molecule has 0 aliphatic rings. The molecule has 0 unspecified atom stereocenters. The highest BCUT2D eigenvalue weighted by Crippen LogP contribution is 2.17. The maximum atomic E-state index is 12.1. The Balaban J connectivity index is 1.75. The van der Waals surface area contributed by atoms with Gasteiger partial charge >= 0.3 is 0 Å². The van der Waals surface area contributed by atoms with Gasteiger partial charge in [-0.3, -0.25) is 4.79 Å². The first-order valence-corrected chi connectivity index (χ1v) is 6.44. The summed E-state index contributed by atoms with van der Waals surface area (Å²) in [7, 11) is 0. The average molecular weight is 279 g/mol. The highest BCUT2D eigenvalue weighted by molar-refractivity contribution is 6.04. The second kappa shape index (κ2) is 5.54. The van der Waals surface area contributed by atoms with Crippen molar-refractivity contribution in [3.8, 4) is 11.4 Å².